The minimum absolute atomic E-state index is 0.268. The number of hydrogen-bond acceptors (Lipinski definition) is 3. The van der Waals surface area contributed by atoms with Crippen molar-refractivity contribution in [1.29, 1.82) is 0 Å². The summed E-state index contributed by atoms with van der Waals surface area (Å²) in [5.41, 5.74) is 1.49. The Morgan fingerprint density at radius 1 is 1.32 bits per heavy atom. The Hall–Kier alpha value is -1.91. The zero-order valence-corrected chi connectivity index (χ0v) is 11.1. The van der Waals surface area contributed by atoms with E-state index in [4.69, 9.17) is 11.6 Å². The van der Waals surface area contributed by atoms with Gasteiger partial charge in [-0.3, -0.25) is 4.79 Å². The van der Waals surface area contributed by atoms with Gasteiger partial charge in [0.15, 0.2) is 0 Å². The Kier molecular flexibility index (Phi) is 4.14. The molecule has 1 unspecified atom stereocenters. The number of carbonyl (C=O) groups is 1. The van der Waals surface area contributed by atoms with Crippen LogP contribution in [0.3, 0.4) is 0 Å². The first-order valence-electron chi connectivity index (χ1n) is 5.78. The maximum absolute atomic E-state index is 12.0. The number of rotatable bonds is 3. The molecule has 2 aromatic rings. The van der Waals surface area contributed by atoms with Crippen LogP contribution in [0.1, 0.15) is 29.1 Å². The van der Waals surface area contributed by atoms with E-state index in [-0.39, 0.29) is 11.6 Å². The van der Waals surface area contributed by atoms with Crippen LogP contribution in [0.4, 0.5) is 5.69 Å². The summed E-state index contributed by atoms with van der Waals surface area (Å²) in [7, 11) is 0. The molecule has 0 saturated carbocycles. The van der Waals surface area contributed by atoms with Gasteiger partial charge in [-0.25, -0.2) is 4.98 Å². The smallest absolute Gasteiger partial charge is 0.274 e. The predicted molar refractivity (Wildman–Crippen MR) is 74.3 cm³/mol. The van der Waals surface area contributed by atoms with Crippen molar-refractivity contribution in [2.45, 2.75) is 13.0 Å². The third-order valence-corrected chi connectivity index (χ3v) is 2.84. The van der Waals surface area contributed by atoms with Crippen LogP contribution in [-0.4, -0.2) is 16.0 Å². The van der Waals surface area contributed by atoms with Gasteiger partial charge >= 0.3 is 0 Å². The highest BCUT2D eigenvalue weighted by molar-refractivity contribution is 6.30. The summed E-state index contributed by atoms with van der Waals surface area (Å²) in [6.45, 7) is 1.64. The summed E-state index contributed by atoms with van der Waals surface area (Å²) in [5, 5.41) is 12.8. The lowest BCUT2D eigenvalue weighted by Crippen LogP contribution is -2.15. The van der Waals surface area contributed by atoms with Crippen molar-refractivity contribution >= 4 is 23.2 Å². The zero-order valence-electron chi connectivity index (χ0n) is 10.3. The Morgan fingerprint density at radius 2 is 2.05 bits per heavy atom. The molecule has 0 spiro atoms. The fourth-order valence-electron chi connectivity index (χ4n) is 1.67. The van der Waals surface area contributed by atoms with Gasteiger partial charge in [-0.2, -0.15) is 0 Å². The number of carbonyl (C=O) groups excluding carboxylic acids is 1. The van der Waals surface area contributed by atoms with Gasteiger partial charge in [0.2, 0.25) is 0 Å². The molecule has 0 aliphatic heterocycles. The molecular formula is C14H13ClN2O2. The van der Waals surface area contributed by atoms with Crippen LogP contribution in [0.25, 0.3) is 0 Å². The number of hydrogen-bond donors (Lipinski definition) is 2. The highest BCUT2D eigenvalue weighted by Crippen LogP contribution is 2.22. The summed E-state index contributed by atoms with van der Waals surface area (Å²) < 4.78 is 0. The first-order valence-corrected chi connectivity index (χ1v) is 6.15. The van der Waals surface area contributed by atoms with Crippen LogP contribution in [0.15, 0.2) is 42.6 Å². The molecule has 2 N–H and O–H groups in total. The van der Waals surface area contributed by atoms with Crippen molar-refractivity contribution in [2.24, 2.45) is 0 Å². The molecule has 2 rings (SSSR count). The standard InChI is InChI=1S/C14H13ClN2O2/c1-9(18)11-4-2-3-5-12(11)17-14(19)13-7-6-10(15)8-16-13/h2-9,18H,1H3,(H,17,19). The van der Waals surface area contributed by atoms with Crippen molar-refractivity contribution in [3.05, 3.63) is 58.9 Å². The topological polar surface area (TPSA) is 62.2 Å². The largest absolute Gasteiger partial charge is 0.389 e. The number of para-hydroxylation sites is 1. The maximum Gasteiger partial charge on any atom is 0.274 e. The number of aliphatic hydroxyl groups excluding tert-OH is 1. The highest BCUT2D eigenvalue weighted by Gasteiger charge is 2.12. The molecule has 1 aromatic carbocycles. The number of aromatic nitrogens is 1. The first-order chi connectivity index (χ1) is 9.08. The van der Waals surface area contributed by atoms with Crippen molar-refractivity contribution in [1.82, 2.24) is 4.98 Å². The van der Waals surface area contributed by atoms with Gasteiger partial charge in [0.05, 0.1) is 11.1 Å². The van der Waals surface area contributed by atoms with Gasteiger partial charge in [-0.15, -0.1) is 0 Å². The van der Waals surface area contributed by atoms with Gasteiger partial charge in [-0.05, 0) is 25.1 Å². The number of aliphatic hydroxyl groups is 1. The van der Waals surface area contributed by atoms with E-state index in [0.29, 0.717) is 16.3 Å². The molecule has 0 aliphatic rings. The van der Waals surface area contributed by atoms with E-state index in [1.165, 1.54) is 6.20 Å². The number of halogens is 1. The fourth-order valence-corrected chi connectivity index (χ4v) is 1.78. The molecule has 19 heavy (non-hydrogen) atoms. The lowest BCUT2D eigenvalue weighted by atomic mass is 10.1. The average Bonchev–Trinajstić information content (AvgIpc) is 2.39. The number of amides is 1. The maximum atomic E-state index is 12.0. The lowest BCUT2D eigenvalue weighted by Gasteiger charge is -2.12. The van der Waals surface area contributed by atoms with Crippen LogP contribution >= 0.6 is 11.6 Å². The molecule has 0 aliphatic carbocycles. The van der Waals surface area contributed by atoms with Crippen molar-refractivity contribution < 1.29 is 9.90 Å². The van der Waals surface area contributed by atoms with E-state index in [1.807, 2.05) is 0 Å². The lowest BCUT2D eigenvalue weighted by molar-refractivity contribution is 0.102. The Morgan fingerprint density at radius 3 is 2.68 bits per heavy atom. The molecule has 4 nitrogen and oxygen atoms in total. The number of pyridine rings is 1. The van der Waals surface area contributed by atoms with Crippen LogP contribution in [0.5, 0.6) is 0 Å². The van der Waals surface area contributed by atoms with Crippen LogP contribution in [-0.2, 0) is 0 Å². The molecule has 1 heterocycles. The van der Waals surface area contributed by atoms with Crippen LogP contribution in [0.2, 0.25) is 5.02 Å². The van der Waals surface area contributed by atoms with Crippen LogP contribution in [0, 0.1) is 0 Å². The highest BCUT2D eigenvalue weighted by atomic mass is 35.5. The van der Waals surface area contributed by atoms with Crippen molar-refractivity contribution in [3.8, 4) is 0 Å². The van der Waals surface area contributed by atoms with Crippen molar-refractivity contribution in [3.63, 3.8) is 0 Å². The van der Waals surface area contributed by atoms with Gasteiger partial charge in [0, 0.05) is 17.4 Å². The fraction of sp³-hybridized carbons (Fsp3) is 0.143. The molecule has 0 fully saturated rings. The van der Waals surface area contributed by atoms with E-state index in [9.17, 15) is 9.90 Å². The number of nitrogens with zero attached hydrogens (tertiary/aromatic N) is 1. The summed E-state index contributed by atoms with van der Waals surface area (Å²) >= 11 is 5.72. The average molecular weight is 277 g/mol. The second-order valence-electron chi connectivity index (χ2n) is 4.08. The number of benzene rings is 1. The van der Waals surface area contributed by atoms with Crippen LogP contribution < -0.4 is 5.32 Å². The minimum Gasteiger partial charge on any atom is -0.389 e. The minimum atomic E-state index is -0.658. The summed E-state index contributed by atoms with van der Waals surface area (Å²) in [6, 6.07) is 10.2. The van der Waals surface area contributed by atoms with Gasteiger partial charge in [0.25, 0.3) is 5.91 Å². The normalized spacial score (nSPS) is 11.9. The third-order valence-electron chi connectivity index (χ3n) is 2.62. The summed E-state index contributed by atoms with van der Waals surface area (Å²) in [6.07, 6.45) is 0.756. The number of nitrogens with one attached hydrogen (secondary N) is 1. The summed E-state index contributed by atoms with van der Waals surface area (Å²) in [5.74, 6) is -0.343. The predicted octanol–water partition coefficient (Wildman–Crippen LogP) is 3.04. The Balaban J connectivity index is 2.22. The first kappa shape index (κ1) is 13.5. The second-order valence-corrected chi connectivity index (χ2v) is 4.52. The quantitative estimate of drug-likeness (QED) is 0.906. The molecule has 98 valence electrons. The molecule has 1 aromatic heterocycles. The van der Waals surface area contributed by atoms with E-state index in [2.05, 4.69) is 10.3 Å². The molecule has 0 bridgehead atoms. The molecule has 0 radical (unpaired) electrons. The van der Waals surface area contributed by atoms with Crippen molar-refractivity contribution in [2.75, 3.05) is 5.32 Å². The second kappa shape index (κ2) is 5.82. The molecular weight excluding hydrogens is 264 g/mol. The molecule has 5 heteroatoms. The monoisotopic (exact) mass is 276 g/mol. The molecule has 1 atom stereocenters. The molecule has 1 amide bonds. The third kappa shape index (κ3) is 3.30. The van der Waals surface area contributed by atoms with E-state index in [0.717, 1.165) is 0 Å². The Labute approximate surface area is 116 Å². The zero-order chi connectivity index (χ0) is 13.8. The van der Waals surface area contributed by atoms with E-state index >= 15 is 0 Å². The summed E-state index contributed by atoms with van der Waals surface area (Å²) in [4.78, 5) is 15.9. The van der Waals surface area contributed by atoms with E-state index < -0.39 is 6.10 Å². The Bertz CT molecular complexity index is 582. The molecule has 0 saturated heterocycles. The number of anilines is 1. The van der Waals surface area contributed by atoms with E-state index in [1.54, 1.807) is 43.3 Å². The van der Waals surface area contributed by atoms with Gasteiger partial charge in [-0.1, -0.05) is 29.8 Å². The van der Waals surface area contributed by atoms with Gasteiger partial charge in [0.1, 0.15) is 5.69 Å². The SMILES string of the molecule is CC(O)c1ccccc1NC(=O)c1ccc(Cl)cn1. The van der Waals surface area contributed by atoms with Gasteiger partial charge < -0.3 is 10.4 Å².